The first kappa shape index (κ1) is 16.5. The van der Waals surface area contributed by atoms with Crippen molar-refractivity contribution in [3.05, 3.63) is 114 Å². The summed E-state index contributed by atoms with van der Waals surface area (Å²) in [4.78, 5) is 0. The maximum Gasteiger partial charge on any atom is -0.0256 e. The van der Waals surface area contributed by atoms with Crippen molar-refractivity contribution in [2.45, 2.75) is 6.92 Å². The predicted octanol–water partition coefficient (Wildman–Crippen LogP) is 6.56. The van der Waals surface area contributed by atoms with E-state index in [1.807, 2.05) is 37.3 Å². The average Bonchev–Trinajstić information content (AvgIpc) is 2.60. The molecule has 0 aromatic heterocycles. The van der Waals surface area contributed by atoms with Gasteiger partial charge in [0.25, 0.3) is 0 Å². The molecule has 0 heteroatoms. The predicted molar refractivity (Wildman–Crippen MR) is 104 cm³/mol. The highest BCUT2D eigenvalue weighted by Gasteiger charge is 1.90. The third kappa shape index (κ3) is 5.80. The summed E-state index contributed by atoms with van der Waals surface area (Å²) in [6.07, 6.45) is 16.3. The summed E-state index contributed by atoms with van der Waals surface area (Å²) in [6, 6.07) is 18.8. The highest BCUT2D eigenvalue weighted by molar-refractivity contribution is 5.70. The van der Waals surface area contributed by atoms with Crippen LogP contribution >= 0.6 is 0 Å². The second-order valence-corrected chi connectivity index (χ2v) is 5.15. The van der Waals surface area contributed by atoms with Gasteiger partial charge in [0.1, 0.15) is 0 Å². The molecule has 0 aliphatic carbocycles. The fourth-order valence-corrected chi connectivity index (χ4v) is 2.16. The zero-order chi connectivity index (χ0) is 16.3. The molecule has 2 aromatic carbocycles. The molecule has 0 spiro atoms. The first-order chi connectivity index (χ1) is 11.3. The van der Waals surface area contributed by atoms with Crippen molar-refractivity contribution in [2.24, 2.45) is 0 Å². The lowest BCUT2D eigenvalue weighted by Crippen LogP contribution is -1.76. The molecule has 114 valence electrons. The number of allylic oxidation sites excluding steroid dienone is 6. The molecule has 0 aliphatic rings. The molecule has 23 heavy (non-hydrogen) atoms. The van der Waals surface area contributed by atoms with Crippen molar-refractivity contribution in [1.29, 1.82) is 0 Å². The van der Waals surface area contributed by atoms with Crippen LogP contribution in [0.15, 0.2) is 97.1 Å². The Hall–Kier alpha value is -2.86. The standard InChI is InChI=1S/C23H22/c1-3-8-20(9-4-2)12-14-22-16-18-23(19-17-22)15-13-21-10-6-5-7-11-21/h3-19H,1H2,2H3/b9-4-,14-12+,15-13+,20-8+. The molecule has 0 aliphatic heterocycles. The van der Waals surface area contributed by atoms with Crippen molar-refractivity contribution in [3.63, 3.8) is 0 Å². The van der Waals surface area contributed by atoms with Gasteiger partial charge in [0, 0.05) is 0 Å². The van der Waals surface area contributed by atoms with E-state index in [-0.39, 0.29) is 0 Å². The SMILES string of the molecule is C=C/C=C(\C=C/C)/C=C/c1ccc(/C=C/c2ccccc2)cc1. The first-order valence-electron chi connectivity index (χ1n) is 7.78. The van der Waals surface area contributed by atoms with E-state index < -0.39 is 0 Å². The fraction of sp³-hybridized carbons (Fsp3) is 0.0435. The Kier molecular flexibility index (Phi) is 6.62. The summed E-state index contributed by atoms with van der Waals surface area (Å²) in [5.74, 6) is 0. The number of rotatable bonds is 6. The quantitative estimate of drug-likeness (QED) is 0.418. The van der Waals surface area contributed by atoms with E-state index in [0.29, 0.717) is 0 Å². The fourth-order valence-electron chi connectivity index (χ4n) is 2.16. The van der Waals surface area contributed by atoms with Crippen LogP contribution in [0.5, 0.6) is 0 Å². The monoisotopic (exact) mass is 298 g/mol. The second-order valence-electron chi connectivity index (χ2n) is 5.15. The van der Waals surface area contributed by atoms with Gasteiger partial charge in [-0.25, -0.2) is 0 Å². The molecular formula is C23H22. The van der Waals surface area contributed by atoms with Gasteiger partial charge in [-0.2, -0.15) is 0 Å². The van der Waals surface area contributed by atoms with Crippen molar-refractivity contribution in [2.75, 3.05) is 0 Å². The van der Waals surface area contributed by atoms with Gasteiger partial charge in [-0.05, 0) is 29.2 Å². The normalized spacial score (nSPS) is 12.5. The second kappa shape index (κ2) is 9.22. The molecule has 0 atom stereocenters. The van der Waals surface area contributed by atoms with Crippen LogP contribution in [0, 0.1) is 0 Å². The minimum atomic E-state index is 1.13. The van der Waals surface area contributed by atoms with Crippen LogP contribution in [0.4, 0.5) is 0 Å². The Morgan fingerprint density at radius 2 is 1.30 bits per heavy atom. The van der Waals surface area contributed by atoms with Crippen molar-refractivity contribution >= 4 is 18.2 Å². The molecule has 0 heterocycles. The average molecular weight is 298 g/mol. The highest BCUT2D eigenvalue weighted by Crippen LogP contribution is 2.12. The largest absolute Gasteiger partial charge is 0.0990 e. The summed E-state index contributed by atoms with van der Waals surface area (Å²) >= 11 is 0. The summed E-state index contributed by atoms with van der Waals surface area (Å²) in [5.41, 5.74) is 4.72. The van der Waals surface area contributed by atoms with E-state index in [2.05, 4.69) is 73.4 Å². The van der Waals surface area contributed by atoms with Crippen LogP contribution in [-0.4, -0.2) is 0 Å². The maximum absolute atomic E-state index is 3.74. The number of hydrogen-bond acceptors (Lipinski definition) is 0. The third-order valence-electron chi connectivity index (χ3n) is 3.34. The van der Waals surface area contributed by atoms with Crippen LogP contribution in [0.25, 0.3) is 18.2 Å². The molecule has 0 N–H and O–H groups in total. The molecule has 0 bridgehead atoms. The molecule has 0 saturated carbocycles. The van der Waals surface area contributed by atoms with Crippen molar-refractivity contribution in [1.82, 2.24) is 0 Å². The summed E-state index contributed by atoms with van der Waals surface area (Å²) in [7, 11) is 0. The molecule has 0 saturated heterocycles. The minimum Gasteiger partial charge on any atom is -0.0990 e. The maximum atomic E-state index is 3.74. The van der Waals surface area contributed by atoms with Crippen LogP contribution in [0.3, 0.4) is 0 Å². The van der Waals surface area contributed by atoms with Gasteiger partial charge in [-0.1, -0.05) is 110 Å². The van der Waals surface area contributed by atoms with E-state index in [0.717, 1.165) is 5.57 Å². The van der Waals surface area contributed by atoms with Crippen LogP contribution < -0.4 is 0 Å². The van der Waals surface area contributed by atoms with Crippen molar-refractivity contribution in [3.8, 4) is 0 Å². The molecule has 0 radical (unpaired) electrons. The Bertz CT molecular complexity index is 723. The molecule has 0 fully saturated rings. The van der Waals surface area contributed by atoms with Crippen LogP contribution in [0.1, 0.15) is 23.6 Å². The van der Waals surface area contributed by atoms with Gasteiger partial charge in [0.15, 0.2) is 0 Å². The van der Waals surface area contributed by atoms with Crippen molar-refractivity contribution < 1.29 is 0 Å². The van der Waals surface area contributed by atoms with Gasteiger partial charge in [-0.3, -0.25) is 0 Å². The van der Waals surface area contributed by atoms with Gasteiger partial charge >= 0.3 is 0 Å². The highest BCUT2D eigenvalue weighted by atomic mass is 14.0. The Morgan fingerprint density at radius 1 is 0.739 bits per heavy atom. The molecule has 2 aromatic rings. The molecule has 0 nitrogen and oxygen atoms in total. The number of benzene rings is 2. The first-order valence-corrected chi connectivity index (χ1v) is 7.78. The smallest absolute Gasteiger partial charge is 0.0256 e. The van der Waals surface area contributed by atoms with E-state index in [1.54, 1.807) is 6.08 Å². The Balaban J connectivity index is 2.06. The van der Waals surface area contributed by atoms with E-state index in [1.165, 1.54) is 16.7 Å². The van der Waals surface area contributed by atoms with E-state index in [9.17, 15) is 0 Å². The van der Waals surface area contributed by atoms with Gasteiger partial charge < -0.3 is 0 Å². The van der Waals surface area contributed by atoms with Gasteiger partial charge in [-0.15, -0.1) is 0 Å². The summed E-state index contributed by atoms with van der Waals surface area (Å²) in [5, 5.41) is 0. The van der Waals surface area contributed by atoms with Gasteiger partial charge in [0.2, 0.25) is 0 Å². The zero-order valence-corrected chi connectivity index (χ0v) is 13.5. The lowest BCUT2D eigenvalue weighted by Gasteiger charge is -1.97. The van der Waals surface area contributed by atoms with E-state index in [4.69, 9.17) is 0 Å². The Labute approximate surface area is 139 Å². The molecule has 0 amide bonds. The lowest BCUT2D eigenvalue weighted by molar-refractivity contribution is 1.60. The van der Waals surface area contributed by atoms with Gasteiger partial charge in [0.05, 0.1) is 0 Å². The van der Waals surface area contributed by atoms with Crippen LogP contribution in [-0.2, 0) is 0 Å². The topological polar surface area (TPSA) is 0 Å². The molecule has 0 unspecified atom stereocenters. The van der Waals surface area contributed by atoms with Crippen LogP contribution in [0.2, 0.25) is 0 Å². The number of hydrogen-bond donors (Lipinski definition) is 0. The lowest BCUT2D eigenvalue weighted by atomic mass is 10.1. The van der Waals surface area contributed by atoms with E-state index >= 15 is 0 Å². The summed E-state index contributed by atoms with van der Waals surface area (Å²) < 4.78 is 0. The third-order valence-corrected chi connectivity index (χ3v) is 3.34. The molecular weight excluding hydrogens is 276 g/mol. The zero-order valence-electron chi connectivity index (χ0n) is 13.5. The summed E-state index contributed by atoms with van der Waals surface area (Å²) in [6.45, 7) is 5.76. The Morgan fingerprint density at radius 3 is 1.87 bits per heavy atom. The minimum absolute atomic E-state index is 1.13. The molecule has 2 rings (SSSR count).